The maximum Gasteiger partial charge on any atom is 0.314 e. The van der Waals surface area contributed by atoms with E-state index in [9.17, 15) is 9.59 Å². The predicted octanol–water partition coefficient (Wildman–Crippen LogP) is 3.48. The molecule has 33 heavy (non-hydrogen) atoms. The Kier molecular flexibility index (Phi) is 8.06. The Bertz CT molecular complexity index is 1090. The van der Waals surface area contributed by atoms with Crippen LogP contribution in [0.5, 0.6) is 0 Å². The number of amides is 3. The third-order valence-corrected chi connectivity index (χ3v) is 5.92. The number of nitrogens with one attached hydrogen (secondary N) is 5. The van der Waals surface area contributed by atoms with Crippen molar-refractivity contribution >= 4 is 22.7 Å². The molecule has 1 heterocycles. The smallest absolute Gasteiger partial charge is 0.314 e. The second-order valence-corrected chi connectivity index (χ2v) is 8.65. The number of carbonyl (C=O) groups excluding carboxylic acids is 2. The molecule has 0 aliphatic carbocycles. The molecule has 0 aliphatic rings. The lowest BCUT2D eigenvalue weighted by Crippen LogP contribution is -2.52. The number of nitrogens with zero attached hydrogens (tertiary/aromatic N) is 1. The molecule has 0 saturated carbocycles. The van der Waals surface area contributed by atoms with E-state index in [4.69, 9.17) is 0 Å². The number of fused-ring (bicyclic) bond motifs is 1. The van der Waals surface area contributed by atoms with Crippen molar-refractivity contribution in [3.63, 3.8) is 0 Å². The molecular weight excluding hydrogens is 416 g/mol. The SMILES string of the molecule is CNC(=O)NCCCC[C@H](NC(=O)C(C)(C)NC)c1ncc(-c2ccc3ccccc3c2)[nH]1. The number of unbranched alkanes of at least 4 members (excludes halogenated alkanes) is 1. The third kappa shape index (κ3) is 6.32. The van der Waals surface area contributed by atoms with E-state index >= 15 is 0 Å². The fourth-order valence-corrected chi connectivity index (χ4v) is 3.51. The van der Waals surface area contributed by atoms with Crippen LogP contribution in [-0.2, 0) is 4.79 Å². The van der Waals surface area contributed by atoms with E-state index in [2.05, 4.69) is 61.6 Å². The third-order valence-electron chi connectivity index (χ3n) is 5.92. The Hall–Kier alpha value is -3.39. The lowest BCUT2D eigenvalue weighted by atomic mass is 10.0. The first-order valence-electron chi connectivity index (χ1n) is 11.3. The van der Waals surface area contributed by atoms with Crippen LogP contribution in [0.1, 0.15) is 45.0 Å². The van der Waals surface area contributed by atoms with Crippen LogP contribution < -0.4 is 21.3 Å². The number of urea groups is 1. The molecule has 2 aromatic carbocycles. The van der Waals surface area contributed by atoms with Gasteiger partial charge >= 0.3 is 6.03 Å². The average Bonchev–Trinajstić information content (AvgIpc) is 3.32. The lowest BCUT2D eigenvalue weighted by molar-refractivity contribution is -0.127. The van der Waals surface area contributed by atoms with Crippen molar-refractivity contribution in [2.75, 3.05) is 20.6 Å². The molecule has 3 aromatic rings. The molecule has 0 unspecified atom stereocenters. The second-order valence-electron chi connectivity index (χ2n) is 8.65. The Morgan fingerprint density at radius 2 is 1.82 bits per heavy atom. The van der Waals surface area contributed by atoms with Crippen LogP contribution in [0, 0.1) is 0 Å². The van der Waals surface area contributed by atoms with E-state index in [1.165, 1.54) is 5.39 Å². The van der Waals surface area contributed by atoms with E-state index in [1.807, 2.05) is 32.2 Å². The largest absolute Gasteiger partial charge is 0.345 e. The quantitative estimate of drug-likeness (QED) is 0.305. The van der Waals surface area contributed by atoms with Crippen molar-refractivity contribution in [3.05, 3.63) is 54.5 Å². The van der Waals surface area contributed by atoms with E-state index in [0.717, 1.165) is 35.3 Å². The zero-order valence-electron chi connectivity index (χ0n) is 19.8. The normalized spacial score (nSPS) is 12.4. The zero-order valence-corrected chi connectivity index (χ0v) is 19.8. The number of likely N-dealkylation sites (N-methyl/N-ethyl adjacent to an activating group) is 1. The summed E-state index contributed by atoms with van der Waals surface area (Å²) in [5.41, 5.74) is 1.25. The molecule has 3 rings (SSSR count). The molecule has 5 N–H and O–H groups in total. The number of aromatic nitrogens is 2. The van der Waals surface area contributed by atoms with E-state index in [1.54, 1.807) is 14.1 Å². The Morgan fingerprint density at radius 3 is 2.55 bits per heavy atom. The van der Waals surface area contributed by atoms with Crippen LogP contribution in [0.2, 0.25) is 0 Å². The first kappa shape index (κ1) is 24.3. The number of benzene rings is 2. The fraction of sp³-hybridized carbons (Fsp3) is 0.400. The summed E-state index contributed by atoms with van der Waals surface area (Å²) in [6.45, 7) is 4.26. The molecule has 1 atom stereocenters. The minimum atomic E-state index is -0.702. The number of hydrogen-bond donors (Lipinski definition) is 5. The maximum absolute atomic E-state index is 12.8. The van der Waals surface area contributed by atoms with Gasteiger partial charge in [-0.15, -0.1) is 0 Å². The van der Waals surface area contributed by atoms with Crippen molar-refractivity contribution in [1.82, 2.24) is 31.2 Å². The molecule has 0 fully saturated rings. The molecule has 0 spiro atoms. The fourth-order valence-electron chi connectivity index (χ4n) is 3.51. The molecule has 8 heteroatoms. The predicted molar refractivity (Wildman–Crippen MR) is 132 cm³/mol. The van der Waals surface area contributed by atoms with Crippen LogP contribution in [0.4, 0.5) is 4.79 Å². The van der Waals surface area contributed by atoms with Crippen LogP contribution >= 0.6 is 0 Å². The van der Waals surface area contributed by atoms with Gasteiger partial charge < -0.3 is 26.3 Å². The number of rotatable bonds is 10. The van der Waals surface area contributed by atoms with Crippen molar-refractivity contribution in [1.29, 1.82) is 0 Å². The summed E-state index contributed by atoms with van der Waals surface area (Å²) in [4.78, 5) is 32.2. The highest BCUT2D eigenvalue weighted by Gasteiger charge is 2.28. The second kappa shape index (κ2) is 11.0. The van der Waals surface area contributed by atoms with Gasteiger partial charge in [0.25, 0.3) is 0 Å². The van der Waals surface area contributed by atoms with Gasteiger partial charge in [0.15, 0.2) is 0 Å². The molecule has 3 amide bonds. The Labute approximate surface area is 195 Å². The summed E-state index contributed by atoms with van der Waals surface area (Å²) in [5, 5.41) is 13.9. The molecule has 0 aliphatic heterocycles. The van der Waals surface area contributed by atoms with Gasteiger partial charge in [0.05, 0.1) is 23.5 Å². The van der Waals surface area contributed by atoms with Crippen molar-refractivity contribution in [3.8, 4) is 11.3 Å². The molecule has 0 bridgehead atoms. The number of carbonyl (C=O) groups is 2. The summed E-state index contributed by atoms with van der Waals surface area (Å²) in [6.07, 6.45) is 4.13. The van der Waals surface area contributed by atoms with Gasteiger partial charge in [-0.1, -0.05) is 36.4 Å². The molecule has 8 nitrogen and oxygen atoms in total. The number of H-pyrrole nitrogens is 1. The lowest BCUT2D eigenvalue weighted by Gasteiger charge is -2.26. The van der Waals surface area contributed by atoms with Crippen molar-refractivity contribution in [2.45, 2.75) is 44.7 Å². The Morgan fingerprint density at radius 1 is 1.06 bits per heavy atom. The summed E-state index contributed by atoms with van der Waals surface area (Å²) in [6, 6.07) is 14.1. The van der Waals surface area contributed by atoms with Gasteiger partial charge in [0, 0.05) is 19.2 Å². The van der Waals surface area contributed by atoms with Crippen LogP contribution in [0.3, 0.4) is 0 Å². The maximum atomic E-state index is 12.8. The zero-order chi connectivity index (χ0) is 23.8. The molecule has 176 valence electrons. The van der Waals surface area contributed by atoms with Gasteiger partial charge in [-0.25, -0.2) is 9.78 Å². The summed E-state index contributed by atoms with van der Waals surface area (Å²) >= 11 is 0. The number of hydrogen-bond acceptors (Lipinski definition) is 4. The highest BCUT2D eigenvalue weighted by Crippen LogP contribution is 2.26. The van der Waals surface area contributed by atoms with E-state index < -0.39 is 5.54 Å². The van der Waals surface area contributed by atoms with Gasteiger partial charge in [0.1, 0.15) is 5.82 Å². The van der Waals surface area contributed by atoms with Crippen molar-refractivity contribution < 1.29 is 9.59 Å². The topological polar surface area (TPSA) is 111 Å². The minimum absolute atomic E-state index is 0.0952. The molecule has 0 radical (unpaired) electrons. The summed E-state index contributed by atoms with van der Waals surface area (Å²) in [5.74, 6) is 0.625. The monoisotopic (exact) mass is 450 g/mol. The van der Waals surface area contributed by atoms with E-state index in [0.29, 0.717) is 13.0 Å². The number of imidazole rings is 1. The highest BCUT2D eigenvalue weighted by molar-refractivity contribution is 5.87. The first-order chi connectivity index (χ1) is 15.8. The highest BCUT2D eigenvalue weighted by atomic mass is 16.2. The molecule has 0 saturated heterocycles. The summed E-state index contributed by atoms with van der Waals surface area (Å²) < 4.78 is 0. The summed E-state index contributed by atoms with van der Waals surface area (Å²) in [7, 11) is 3.36. The van der Waals surface area contributed by atoms with Gasteiger partial charge in [-0.3, -0.25) is 4.79 Å². The van der Waals surface area contributed by atoms with Crippen LogP contribution in [0.25, 0.3) is 22.0 Å². The standard InChI is InChI=1S/C25H34N6O2/c1-25(2,27-4)23(32)31-20(11-7-8-14-28-24(33)26-3)22-29-16-21(30-22)19-13-12-17-9-5-6-10-18(17)15-19/h5-6,9-10,12-13,15-16,20,27H,7-8,11,14H2,1-4H3,(H,29,30)(H,31,32)(H2,26,28,33)/t20-/m0/s1. The average molecular weight is 451 g/mol. The van der Waals surface area contributed by atoms with Crippen LogP contribution in [0.15, 0.2) is 48.7 Å². The Balaban J connectivity index is 1.75. The van der Waals surface area contributed by atoms with Crippen LogP contribution in [-0.4, -0.2) is 48.1 Å². The van der Waals surface area contributed by atoms with Gasteiger partial charge in [-0.2, -0.15) is 0 Å². The minimum Gasteiger partial charge on any atom is -0.345 e. The van der Waals surface area contributed by atoms with E-state index in [-0.39, 0.29) is 18.0 Å². The van der Waals surface area contributed by atoms with Crippen molar-refractivity contribution in [2.24, 2.45) is 0 Å². The van der Waals surface area contributed by atoms with Gasteiger partial charge in [-0.05, 0) is 57.0 Å². The number of aromatic amines is 1. The molecule has 1 aromatic heterocycles. The van der Waals surface area contributed by atoms with Gasteiger partial charge in [0.2, 0.25) is 5.91 Å². The first-order valence-corrected chi connectivity index (χ1v) is 11.3. The molecular formula is C25H34N6O2.